The van der Waals surface area contributed by atoms with Crippen molar-refractivity contribution in [2.24, 2.45) is 0 Å². The molecule has 266 valence electrons. The summed E-state index contributed by atoms with van der Waals surface area (Å²) in [7, 11) is 0. The number of fused-ring (bicyclic) bond motifs is 6. The molecule has 11 aromatic rings. The van der Waals surface area contributed by atoms with Gasteiger partial charge >= 0.3 is 0 Å². The lowest BCUT2D eigenvalue weighted by molar-refractivity contribution is 1.06. The van der Waals surface area contributed by atoms with Crippen LogP contribution < -0.4 is 0 Å². The molecule has 11 rings (SSSR count). The fraction of sp³-hybridized carbons (Fsp3) is 0. The highest BCUT2D eigenvalue weighted by Crippen LogP contribution is 2.40. The highest BCUT2D eigenvalue weighted by molar-refractivity contribution is 6.11. The Bertz CT molecular complexity index is 3280. The van der Waals surface area contributed by atoms with Gasteiger partial charge in [0.15, 0.2) is 17.5 Å². The lowest BCUT2D eigenvalue weighted by Gasteiger charge is -2.16. The standard InChI is InChI=1S/C53H34N4/c1-4-14-35(15-5-1)39-28-31-49-47(33-39)45-22-12-13-23-48(45)57(49)50-34-40(36-16-6-2-7-17-36)26-30-46(50)53-55-51(38-19-8-3-9-20-38)54-52(56-53)42-27-29-44-41(32-42)25-24-37-18-10-11-21-43(37)44/h1-34H. The third-order valence-electron chi connectivity index (χ3n) is 11.0. The van der Waals surface area contributed by atoms with Crippen molar-refractivity contribution in [2.45, 2.75) is 0 Å². The third-order valence-corrected chi connectivity index (χ3v) is 11.0. The minimum atomic E-state index is 0.610. The van der Waals surface area contributed by atoms with Gasteiger partial charge in [0.1, 0.15) is 0 Å². The highest BCUT2D eigenvalue weighted by atomic mass is 15.1. The summed E-state index contributed by atoms with van der Waals surface area (Å²) in [6.45, 7) is 0. The van der Waals surface area contributed by atoms with Crippen LogP contribution >= 0.6 is 0 Å². The first-order chi connectivity index (χ1) is 28.2. The van der Waals surface area contributed by atoms with Crippen LogP contribution in [-0.4, -0.2) is 19.5 Å². The number of hydrogen-bond donors (Lipinski definition) is 0. The van der Waals surface area contributed by atoms with Crippen molar-refractivity contribution in [2.75, 3.05) is 0 Å². The predicted octanol–water partition coefficient (Wildman–Crippen LogP) is 13.6. The Morgan fingerprint density at radius 3 is 1.56 bits per heavy atom. The molecule has 0 spiro atoms. The van der Waals surface area contributed by atoms with Crippen LogP contribution in [0.4, 0.5) is 0 Å². The molecular weight excluding hydrogens is 693 g/mol. The van der Waals surface area contributed by atoms with E-state index >= 15 is 0 Å². The number of aromatic nitrogens is 4. The van der Waals surface area contributed by atoms with Crippen LogP contribution in [0.3, 0.4) is 0 Å². The first-order valence-corrected chi connectivity index (χ1v) is 19.3. The van der Waals surface area contributed by atoms with E-state index in [1.54, 1.807) is 0 Å². The second-order valence-electron chi connectivity index (χ2n) is 14.4. The average molecular weight is 727 g/mol. The van der Waals surface area contributed by atoms with Gasteiger partial charge in [0.25, 0.3) is 0 Å². The van der Waals surface area contributed by atoms with Gasteiger partial charge in [-0.1, -0.05) is 170 Å². The second-order valence-corrected chi connectivity index (χ2v) is 14.4. The first-order valence-electron chi connectivity index (χ1n) is 19.3. The van der Waals surface area contributed by atoms with Gasteiger partial charge in [-0.25, -0.2) is 15.0 Å². The van der Waals surface area contributed by atoms with Crippen molar-refractivity contribution < 1.29 is 0 Å². The summed E-state index contributed by atoms with van der Waals surface area (Å²) in [4.78, 5) is 15.7. The minimum Gasteiger partial charge on any atom is -0.308 e. The molecule has 57 heavy (non-hydrogen) atoms. The summed E-state index contributed by atoms with van der Waals surface area (Å²) in [6, 6.07) is 72.9. The Balaban J connectivity index is 1.17. The number of para-hydroxylation sites is 1. The van der Waals surface area contributed by atoms with E-state index in [1.807, 2.05) is 18.2 Å². The van der Waals surface area contributed by atoms with E-state index in [2.05, 4.69) is 193 Å². The van der Waals surface area contributed by atoms with Gasteiger partial charge in [0, 0.05) is 27.5 Å². The molecule has 0 aliphatic rings. The highest BCUT2D eigenvalue weighted by Gasteiger charge is 2.21. The van der Waals surface area contributed by atoms with E-state index in [0.717, 1.165) is 49.9 Å². The van der Waals surface area contributed by atoms with Gasteiger partial charge in [0.05, 0.1) is 16.7 Å². The van der Waals surface area contributed by atoms with Crippen LogP contribution in [-0.2, 0) is 0 Å². The maximum atomic E-state index is 5.32. The average Bonchev–Trinajstić information content (AvgIpc) is 3.63. The van der Waals surface area contributed by atoms with Crippen molar-refractivity contribution in [3.63, 3.8) is 0 Å². The summed E-state index contributed by atoms with van der Waals surface area (Å²) >= 11 is 0. The molecule has 0 unspecified atom stereocenters. The number of hydrogen-bond acceptors (Lipinski definition) is 3. The zero-order valence-electron chi connectivity index (χ0n) is 30.9. The van der Waals surface area contributed by atoms with Gasteiger partial charge < -0.3 is 4.57 Å². The molecule has 0 bridgehead atoms. The Labute approximate surface area is 330 Å². The molecule has 0 saturated carbocycles. The van der Waals surface area contributed by atoms with Crippen LogP contribution in [0.15, 0.2) is 206 Å². The van der Waals surface area contributed by atoms with Gasteiger partial charge in [-0.05, 0) is 80.2 Å². The van der Waals surface area contributed by atoms with Crippen molar-refractivity contribution >= 4 is 43.4 Å². The van der Waals surface area contributed by atoms with Crippen molar-refractivity contribution in [3.05, 3.63) is 206 Å². The monoisotopic (exact) mass is 726 g/mol. The smallest absolute Gasteiger partial charge is 0.166 e. The van der Waals surface area contributed by atoms with E-state index in [0.29, 0.717) is 17.5 Å². The van der Waals surface area contributed by atoms with E-state index in [1.165, 1.54) is 38.1 Å². The topological polar surface area (TPSA) is 43.6 Å². The fourth-order valence-electron chi connectivity index (χ4n) is 8.25. The molecule has 0 radical (unpaired) electrons. The van der Waals surface area contributed by atoms with Crippen LogP contribution in [0, 0.1) is 0 Å². The van der Waals surface area contributed by atoms with Crippen LogP contribution in [0.2, 0.25) is 0 Å². The van der Waals surface area contributed by atoms with Gasteiger partial charge in [0.2, 0.25) is 0 Å². The SMILES string of the molecule is c1ccc(-c2ccc(-c3nc(-c4ccccc4)nc(-c4ccc5c(ccc6ccccc65)c4)n3)c(-n3c4ccccc4c4cc(-c5ccccc5)ccc43)c2)cc1. The van der Waals surface area contributed by atoms with Crippen LogP contribution in [0.25, 0.3) is 105 Å². The molecule has 0 amide bonds. The van der Waals surface area contributed by atoms with Crippen LogP contribution in [0.5, 0.6) is 0 Å². The normalized spacial score (nSPS) is 11.5. The maximum absolute atomic E-state index is 5.32. The van der Waals surface area contributed by atoms with Crippen LogP contribution in [0.1, 0.15) is 0 Å². The summed E-state index contributed by atoms with van der Waals surface area (Å²) in [5, 5.41) is 7.17. The first kappa shape index (κ1) is 32.7. The molecule has 9 aromatic carbocycles. The maximum Gasteiger partial charge on any atom is 0.166 e. The number of rotatable bonds is 6. The van der Waals surface area contributed by atoms with E-state index in [4.69, 9.17) is 15.0 Å². The molecule has 2 aromatic heterocycles. The summed E-state index contributed by atoms with van der Waals surface area (Å²) in [6.07, 6.45) is 0. The molecule has 0 aliphatic heterocycles. The lowest BCUT2D eigenvalue weighted by Crippen LogP contribution is -2.04. The summed E-state index contributed by atoms with van der Waals surface area (Å²) in [5.41, 5.74) is 10.6. The van der Waals surface area contributed by atoms with Gasteiger partial charge in [-0.3, -0.25) is 0 Å². The molecule has 4 nitrogen and oxygen atoms in total. The molecular formula is C53H34N4. The zero-order valence-corrected chi connectivity index (χ0v) is 30.9. The zero-order chi connectivity index (χ0) is 37.7. The molecule has 0 fully saturated rings. The van der Waals surface area contributed by atoms with Gasteiger partial charge in [-0.2, -0.15) is 0 Å². The summed E-state index contributed by atoms with van der Waals surface area (Å²) < 4.78 is 2.38. The fourth-order valence-corrected chi connectivity index (χ4v) is 8.25. The van der Waals surface area contributed by atoms with E-state index in [-0.39, 0.29) is 0 Å². The Morgan fingerprint density at radius 1 is 0.281 bits per heavy atom. The molecule has 0 aliphatic carbocycles. The van der Waals surface area contributed by atoms with Crippen molar-refractivity contribution in [1.82, 2.24) is 19.5 Å². The molecule has 0 N–H and O–H groups in total. The number of nitrogens with zero attached hydrogens (tertiary/aromatic N) is 4. The van der Waals surface area contributed by atoms with E-state index in [9.17, 15) is 0 Å². The largest absolute Gasteiger partial charge is 0.308 e. The molecule has 0 saturated heterocycles. The second kappa shape index (κ2) is 13.6. The molecule has 0 atom stereocenters. The van der Waals surface area contributed by atoms with Crippen molar-refractivity contribution in [1.29, 1.82) is 0 Å². The van der Waals surface area contributed by atoms with Gasteiger partial charge in [-0.15, -0.1) is 0 Å². The Kier molecular flexibility index (Phi) is 7.78. The Hall–Kier alpha value is -7.69. The Morgan fingerprint density at radius 2 is 0.807 bits per heavy atom. The quantitative estimate of drug-likeness (QED) is 0.160. The summed E-state index contributed by atoms with van der Waals surface area (Å²) in [5.74, 6) is 1.86. The predicted molar refractivity (Wildman–Crippen MR) is 236 cm³/mol. The van der Waals surface area contributed by atoms with E-state index < -0.39 is 0 Å². The molecule has 2 heterocycles. The lowest BCUT2D eigenvalue weighted by atomic mass is 10.00. The molecule has 4 heteroatoms. The number of benzene rings is 9. The third kappa shape index (κ3) is 5.74. The van der Waals surface area contributed by atoms with Crippen molar-refractivity contribution in [3.8, 4) is 62.1 Å². The minimum absolute atomic E-state index is 0.610.